The van der Waals surface area contributed by atoms with E-state index in [-0.39, 0.29) is 5.91 Å². The van der Waals surface area contributed by atoms with Crippen molar-refractivity contribution in [3.8, 4) is 0 Å². The minimum Gasteiger partial charge on any atom is -0.352 e. The van der Waals surface area contributed by atoms with Gasteiger partial charge >= 0.3 is 0 Å². The highest BCUT2D eigenvalue weighted by Crippen LogP contribution is 2.22. The highest BCUT2D eigenvalue weighted by molar-refractivity contribution is 5.91. The van der Waals surface area contributed by atoms with Gasteiger partial charge in [0.15, 0.2) is 5.82 Å². The van der Waals surface area contributed by atoms with Gasteiger partial charge in [-0.1, -0.05) is 0 Å². The predicted molar refractivity (Wildman–Crippen MR) is 63.6 cm³/mol. The summed E-state index contributed by atoms with van der Waals surface area (Å²) < 4.78 is 0. The molecule has 5 nitrogen and oxygen atoms in total. The Morgan fingerprint density at radius 3 is 2.94 bits per heavy atom. The zero-order chi connectivity index (χ0) is 11.4. The van der Waals surface area contributed by atoms with E-state index < -0.39 is 0 Å². The number of nitrogens with zero attached hydrogens (tertiary/aromatic N) is 2. The van der Waals surface area contributed by atoms with Crippen molar-refractivity contribution in [2.45, 2.75) is 6.92 Å². The van der Waals surface area contributed by atoms with Gasteiger partial charge in [0.05, 0.1) is 5.69 Å². The normalized spacial score (nSPS) is 15.9. The fourth-order valence-electron chi connectivity index (χ4n) is 1.81. The van der Waals surface area contributed by atoms with E-state index in [1.807, 2.05) is 12.1 Å². The summed E-state index contributed by atoms with van der Waals surface area (Å²) in [6.07, 6.45) is 1.75. The van der Waals surface area contributed by atoms with Crippen LogP contribution in [0, 0.1) is 0 Å². The summed E-state index contributed by atoms with van der Waals surface area (Å²) in [5.74, 6) is 0.795. The van der Waals surface area contributed by atoms with Gasteiger partial charge in [-0.25, -0.2) is 4.98 Å². The van der Waals surface area contributed by atoms with Gasteiger partial charge in [-0.15, -0.1) is 0 Å². The van der Waals surface area contributed by atoms with Gasteiger partial charge < -0.3 is 15.5 Å². The van der Waals surface area contributed by atoms with E-state index >= 15 is 0 Å². The van der Waals surface area contributed by atoms with Crippen molar-refractivity contribution >= 4 is 17.4 Å². The lowest BCUT2D eigenvalue weighted by molar-refractivity contribution is -0.114. The summed E-state index contributed by atoms with van der Waals surface area (Å²) in [5.41, 5.74) is 0.789. The van der Waals surface area contributed by atoms with Crippen molar-refractivity contribution in [1.82, 2.24) is 10.3 Å². The van der Waals surface area contributed by atoms with Crippen LogP contribution in [0.4, 0.5) is 11.5 Å². The van der Waals surface area contributed by atoms with Crippen molar-refractivity contribution in [3.05, 3.63) is 18.3 Å². The molecule has 2 rings (SSSR count). The lowest BCUT2D eigenvalue weighted by Gasteiger charge is -2.29. The van der Waals surface area contributed by atoms with Gasteiger partial charge in [-0.3, -0.25) is 4.79 Å². The van der Waals surface area contributed by atoms with Gasteiger partial charge in [0.25, 0.3) is 0 Å². The van der Waals surface area contributed by atoms with Crippen molar-refractivity contribution < 1.29 is 4.79 Å². The number of anilines is 2. The van der Waals surface area contributed by atoms with Crippen LogP contribution in [0.1, 0.15) is 6.92 Å². The zero-order valence-electron chi connectivity index (χ0n) is 9.36. The average molecular weight is 220 g/mol. The maximum Gasteiger partial charge on any atom is 0.221 e. The van der Waals surface area contributed by atoms with E-state index in [1.165, 1.54) is 6.92 Å². The van der Waals surface area contributed by atoms with Gasteiger partial charge in [0.2, 0.25) is 5.91 Å². The monoisotopic (exact) mass is 220 g/mol. The third kappa shape index (κ3) is 2.49. The molecule has 0 bridgehead atoms. The molecule has 86 valence electrons. The molecule has 0 atom stereocenters. The second-order valence-corrected chi connectivity index (χ2v) is 3.79. The molecule has 0 spiro atoms. The lowest BCUT2D eigenvalue weighted by atomic mass is 10.3. The van der Waals surface area contributed by atoms with E-state index in [4.69, 9.17) is 0 Å². The Morgan fingerprint density at radius 2 is 2.25 bits per heavy atom. The number of hydrogen-bond acceptors (Lipinski definition) is 4. The number of nitrogens with one attached hydrogen (secondary N) is 2. The molecule has 2 heterocycles. The molecule has 1 aliphatic rings. The summed E-state index contributed by atoms with van der Waals surface area (Å²) in [6, 6.07) is 3.71. The Labute approximate surface area is 94.9 Å². The summed E-state index contributed by atoms with van der Waals surface area (Å²) in [5, 5.41) is 6.10. The van der Waals surface area contributed by atoms with E-state index in [1.54, 1.807) is 6.20 Å². The fourth-order valence-corrected chi connectivity index (χ4v) is 1.81. The molecule has 1 fully saturated rings. The molecule has 1 aliphatic heterocycles. The number of carbonyl (C=O) groups is 1. The van der Waals surface area contributed by atoms with Crippen LogP contribution in [0.3, 0.4) is 0 Å². The molecule has 0 aliphatic carbocycles. The van der Waals surface area contributed by atoms with E-state index in [2.05, 4.69) is 20.5 Å². The number of hydrogen-bond donors (Lipinski definition) is 2. The summed E-state index contributed by atoms with van der Waals surface area (Å²) in [4.78, 5) is 17.6. The molecule has 0 unspecified atom stereocenters. The molecule has 0 saturated carbocycles. The number of amides is 1. The molecule has 1 aromatic rings. The maximum absolute atomic E-state index is 11.1. The van der Waals surface area contributed by atoms with Crippen LogP contribution < -0.4 is 15.5 Å². The third-order valence-electron chi connectivity index (χ3n) is 2.51. The third-order valence-corrected chi connectivity index (χ3v) is 2.51. The van der Waals surface area contributed by atoms with E-state index in [0.29, 0.717) is 0 Å². The maximum atomic E-state index is 11.1. The highest BCUT2D eigenvalue weighted by Gasteiger charge is 2.15. The minimum absolute atomic E-state index is 0.0654. The van der Waals surface area contributed by atoms with Crippen LogP contribution in [0.2, 0.25) is 0 Å². The molecular formula is C11H16N4O. The zero-order valence-corrected chi connectivity index (χ0v) is 9.36. The fraction of sp³-hybridized carbons (Fsp3) is 0.455. The van der Waals surface area contributed by atoms with Gasteiger partial charge in [0, 0.05) is 39.3 Å². The summed E-state index contributed by atoms with van der Waals surface area (Å²) >= 11 is 0. The van der Waals surface area contributed by atoms with Crippen LogP contribution in [-0.2, 0) is 4.79 Å². The molecule has 2 N–H and O–H groups in total. The summed E-state index contributed by atoms with van der Waals surface area (Å²) in [7, 11) is 0. The van der Waals surface area contributed by atoms with E-state index in [9.17, 15) is 4.79 Å². The second kappa shape index (κ2) is 4.94. The molecule has 16 heavy (non-hydrogen) atoms. The Balaban J connectivity index is 2.20. The lowest BCUT2D eigenvalue weighted by Crippen LogP contribution is -2.44. The Bertz CT molecular complexity index is 374. The van der Waals surface area contributed by atoms with Gasteiger partial charge in [-0.2, -0.15) is 0 Å². The van der Waals surface area contributed by atoms with Gasteiger partial charge in [0.1, 0.15) is 0 Å². The molecule has 1 aromatic heterocycles. The highest BCUT2D eigenvalue weighted by atomic mass is 16.1. The van der Waals surface area contributed by atoms with Crippen LogP contribution in [-0.4, -0.2) is 37.1 Å². The topological polar surface area (TPSA) is 57.3 Å². The van der Waals surface area contributed by atoms with Crippen LogP contribution >= 0.6 is 0 Å². The first-order valence-corrected chi connectivity index (χ1v) is 5.45. The Morgan fingerprint density at radius 1 is 1.50 bits per heavy atom. The van der Waals surface area contributed by atoms with E-state index in [0.717, 1.165) is 37.7 Å². The first kappa shape index (κ1) is 10.9. The molecule has 0 radical (unpaired) electrons. The Kier molecular flexibility index (Phi) is 3.36. The van der Waals surface area contributed by atoms with Crippen LogP contribution in [0.25, 0.3) is 0 Å². The van der Waals surface area contributed by atoms with Crippen molar-refractivity contribution in [2.75, 3.05) is 36.4 Å². The number of carbonyl (C=O) groups excluding carboxylic acids is 1. The summed E-state index contributed by atoms with van der Waals surface area (Å²) in [6.45, 7) is 5.26. The number of aromatic nitrogens is 1. The standard InChI is InChI=1S/C11H16N4O/c1-9(16)14-10-3-2-4-13-11(10)15-7-5-12-6-8-15/h2-4,12H,5-8H2,1H3,(H,14,16). The quantitative estimate of drug-likeness (QED) is 0.759. The first-order valence-electron chi connectivity index (χ1n) is 5.45. The van der Waals surface area contributed by atoms with Crippen molar-refractivity contribution in [2.24, 2.45) is 0 Å². The minimum atomic E-state index is -0.0654. The molecular weight excluding hydrogens is 204 g/mol. The number of piperazine rings is 1. The van der Waals surface area contributed by atoms with Crippen LogP contribution in [0.5, 0.6) is 0 Å². The second-order valence-electron chi connectivity index (χ2n) is 3.79. The largest absolute Gasteiger partial charge is 0.352 e. The molecule has 0 aromatic carbocycles. The van der Waals surface area contributed by atoms with Crippen LogP contribution in [0.15, 0.2) is 18.3 Å². The molecule has 1 amide bonds. The number of rotatable bonds is 2. The Hall–Kier alpha value is -1.62. The predicted octanol–water partition coefficient (Wildman–Crippen LogP) is 0.450. The molecule has 5 heteroatoms. The smallest absolute Gasteiger partial charge is 0.221 e. The SMILES string of the molecule is CC(=O)Nc1cccnc1N1CCNCC1. The molecule has 1 saturated heterocycles. The van der Waals surface area contributed by atoms with Gasteiger partial charge in [-0.05, 0) is 12.1 Å². The number of pyridine rings is 1. The van der Waals surface area contributed by atoms with Crippen molar-refractivity contribution in [1.29, 1.82) is 0 Å². The first-order chi connectivity index (χ1) is 7.77. The average Bonchev–Trinajstić information content (AvgIpc) is 2.30. The van der Waals surface area contributed by atoms with Crippen molar-refractivity contribution in [3.63, 3.8) is 0 Å².